The predicted octanol–water partition coefficient (Wildman–Crippen LogP) is 1.65. The fraction of sp³-hybridized carbons (Fsp3) is 0.250. The number of rotatable bonds is 6. The number of hydrogen-bond acceptors (Lipinski definition) is 7. The second-order valence-corrected chi connectivity index (χ2v) is 6.29. The zero-order valence-electron chi connectivity index (χ0n) is 13.7. The van der Waals surface area contributed by atoms with E-state index < -0.39 is 22.7 Å². The Kier molecular flexibility index (Phi) is 6.18. The van der Waals surface area contributed by atoms with E-state index in [-0.39, 0.29) is 23.3 Å². The first-order valence-corrected chi connectivity index (χ1v) is 8.39. The van der Waals surface area contributed by atoms with E-state index in [1.54, 1.807) is 44.2 Å². The average molecular weight is 362 g/mol. The summed E-state index contributed by atoms with van der Waals surface area (Å²) in [7, 11) is 0. The molecule has 1 aromatic heterocycles. The van der Waals surface area contributed by atoms with Gasteiger partial charge in [-0.05, 0) is 26.0 Å². The van der Waals surface area contributed by atoms with Crippen LogP contribution in [0.4, 0.5) is 11.5 Å². The predicted molar refractivity (Wildman–Crippen MR) is 95.6 cm³/mol. The van der Waals surface area contributed by atoms with Crippen molar-refractivity contribution in [3.8, 4) is 0 Å². The number of nitrogens with two attached hydrogens (primary N) is 1. The van der Waals surface area contributed by atoms with Crippen molar-refractivity contribution in [3.05, 3.63) is 46.2 Å². The fourth-order valence-electron chi connectivity index (χ4n) is 1.90. The molecule has 0 aliphatic rings. The van der Waals surface area contributed by atoms with Crippen molar-refractivity contribution in [2.24, 2.45) is 0 Å². The molecular formula is C16H18N4O4S. The summed E-state index contributed by atoms with van der Waals surface area (Å²) in [6.45, 7) is 3.60. The number of nitrogen functional groups attached to an aromatic ring is 1. The zero-order valence-corrected chi connectivity index (χ0v) is 14.6. The van der Waals surface area contributed by atoms with Gasteiger partial charge in [-0.1, -0.05) is 30.0 Å². The molecule has 1 heterocycles. The molecule has 1 atom stereocenters. The highest BCUT2D eigenvalue weighted by molar-refractivity contribution is 8.00. The molecule has 132 valence electrons. The van der Waals surface area contributed by atoms with Crippen LogP contribution in [0, 0.1) is 0 Å². The van der Waals surface area contributed by atoms with E-state index in [9.17, 15) is 14.4 Å². The average Bonchev–Trinajstić information content (AvgIpc) is 2.59. The first-order valence-electron chi connectivity index (χ1n) is 7.51. The summed E-state index contributed by atoms with van der Waals surface area (Å²) in [5, 5.41) is 2.05. The Labute approximate surface area is 148 Å². The van der Waals surface area contributed by atoms with Crippen molar-refractivity contribution >= 4 is 35.1 Å². The molecule has 0 unspecified atom stereocenters. The fourth-order valence-corrected chi connectivity index (χ4v) is 2.70. The van der Waals surface area contributed by atoms with Crippen molar-refractivity contribution in [3.63, 3.8) is 0 Å². The van der Waals surface area contributed by atoms with E-state index in [4.69, 9.17) is 10.5 Å². The van der Waals surface area contributed by atoms with Crippen LogP contribution in [0.1, 0.15) is 24.2 Å². The van der Waals surface area contributed by atoms with Crippen LogP contribution in [0.2, 0.25) is 0 Å². The number of nitrogens with zero attached hydrogens (tertiary/aromatic N) is 1. The van der Waals surface area contributed by atoms with Gasteiger partial charge >= 0.3 is 5.97 Å². The van der Waals surface area contributed by atoms with Gasteiger partial charge in [-0.15, -0.1) is 0 Å². The Morgan fingerprint density at radius 2 is 2.04 bits per heavy atom. The van der Waals surface area contributed by atoms with Crippen LogP contribution < -0.4 is 16.6 Å². The summed E-state index contributed by atoms with van der Waals surface area (Å²) >= 11 is 1.01. The lowest BCUT2D eigenvalue weighted by molar-refractivity contribution is -0.142. The molecule has 25 heavy (non-hydrogen) atoms. The number of carbonyl (C=O) groups excluding carboxylic acids is 2. The second-order valence-electron chi connectivity index (χ2n) is 4.96. The minimum absolute atomic E-state index is 0.133. The Bertz CT molecular complexity index is 823. The van der Waals surface area contributed by atoms with Crippen molar-refractivity contribution in [2.45, 2.75) is 24.3 Å². The maximum Gasteiger partial charge on any atom is 0.319 e. The number of amides is 1. The lowest BCUT2D eigenvalue weighted by atomic mass is 10.2. The third kappa shape index (κ3) is 4.83. The minimum atomic E-state index is -0.602. The van der Waals surface area contributed by atoms with E-state index in [0.29, 0.717) is 5.56 Å². The lowest BCUT2D eigenvalue weighted by Gasteiger charge is -2.11. The van der Waals surface area contributed by atoms with Gasteiger partial charge in [0, 0.05) is 5.56 Å². The van der Waals surface area contributed by atoms with E-state index >= 15 is 0 Å². The number of H-pyrrole nitrogens is 1. The number of esters is 1. The van der Waals surface area contributed by atoms with Gasteiger partial charge in [0.05, 0.1) is 6.61 Å². The molecule has 9 heteroatoms. The smallest absolute Gasteiger partial charge is 0.319 e. The third-order valence-electron chi connectivity index (χ3n) is 3.11. The Balaban J connectivity index is 2.16. The van der Waals surface area contributed by atoms with Gasteiger partial charge in [0.15, 0.2) is 11.0 Å². The Morgan fingerprint density at radius 1 is 1.36 bits per heavy atom. The van der Waals surface area contributed by atoms with Crippen LogP contribution in [-0.4, -0.2) is 33.7 Å². The molecule has 4 N–H and O–H groups in total. The molecule has 8 nitrogen and oxygen atoms in total. The van der Waals surface area contributed by atoms with Crippen LogP contribution in [0.5, 0.6) is 0 Å². The molecule has 1 aromatic carbocycles. The van der Waals surface area contributed by atoms with Crippen molar-refractivity contribution < 1.29 is 14.3 Å². The van der Waals surface area contributed by atoms with E-state index in [1.165, 1.54) is 0 Å². The van der Waals surface area contributed by atoms with Crippen molar-refractivity contribution in [1.29, 1.82) is 0 Å². The summed E-state index contributed by atoms with van der Waals surface area (Å²) in [6, 6.07) is 8.40. The highest BCUT2D eigenvalue weighted by Gasteiger charge is 2.19. The molecule has 0 radical (unpaired) electrons. The van der Waals surface area contributed by atoms with Crippen LogP contribution in [-0.2, 0) is 9.53 Å². The molecule has 0 saturated heterocycles. The maximum absolute atomic E-state index is 12.2. The van der Waals surface area contributed by atoms with Crippen LogP contribution in [0.15, 0.2) is 40.3 Å². The van der Waals surface area contributed by atoms with Crippen LogP contribution in [0.25, 0.3) is 0 Å². The first kappa shape index (κ1) is 18.5. The van der Waals surface area contributed by atoms with Crippen molar-refractivity contribution in [1.82, 2.24) is 9.97 Å². The molecule has 0 spiro atoms. The third-order valence-corrected chi connectivity index (χ3v) is 4.07. The molecular weight excluding hydrogens is 344 g/mol. The van der Waals surface area contributed by atoms with Gasteiger partial charge in [0.1, 0.15) is 10.9 Å². The largest absolute Gasteiger partial charge is 0.465 e. The Morgan fingerprint density at radius 3 is 2.64 bits per heavy atom. The number of aromatic nitrogens is 2. The van der Waals surface area contributed by atoms with E-state index in [1.807, 2.05) is 0 Å². The molecule has 1 amide bonds. The van der Waals surface area contributed by atoms with Gasteiger partial charge < -0.3 is 15.8 Å². The first-order chi connectivity index (χ1) is 11.9. The number of ether oxygens (including phenoxy) is 1. The zero-order chi connectivity index (χ0) is 18.4. The van der Waals surface area contributed by atoms with Gasteiger partial charge in [0.2, 0.25) is 0 Å². The number of thioether (sulfide) groups is 1. The highest BCUT2D eigenvalue weighted by atomic mass is 32.2. The van der Waals surface area contributed by atoms with Crippen LogP contribution >= 0.6 is 11.8 Å². The highest BCUT2D eigenvalue weighted by Crippen LogP contribution is 2.22. The summed E-state index contributed by atoms with van der Waals surface area (Å²) in [6.07, 6.45) is 0. The molecule has 0 aliphatic heterocycles. The van der Waals surface area contributed by atoms with Crippen molar-refractivity contribution in [2.75, 3.05) is 17.7 Å². The van der Waals surface area contributed by atoms with Gasteiger partial charge in [-0.25, -0.2) is 4.98 Å². The molecule has 0 saturated carbocycles. The van der Waals surface area contributed by atoms with Gasteiger partial charge in [0.25, 0.3) is 11.5 Å². The monoisotopic (exact) mass is 362 g/mol. The number of anilines is 2. The maximum atomic E-state index is 12.2. The summed E-state index contributed by atoms with van der Waals surface area (Å²) < 4.78 is 4.89. The van der Waals surface area contributed by atoms with E-state index in [2.05, 4.69) is 15.3 Å². The molecule has 2 rings (SSSR count). The Hall–Kier alpha value is -2.81. The summed E-state index contributed by atoms with van der Waals surface area (Å²) in [4.78, 5) is 42.5. The van der Waals surface area contributed by atoms with Crippen LogP contribution in [0.3, 0.4) is 0 Å². The summed E-state index contributed by atoms with van der Waals surface area (Å²) in [5.74, 6) is -1.03. The van der Waals surface area contributed by atoms with E-state index in [0.717, 1.165) is 11.8 Å². The van der Waals surface area contributed by atoms with Gasteiger partial charge in [-0.2, -0.15) is 0 Å². The molecule has 0 aliphatic carbocycles. The number of nitrogens with one attached hydrogen (secondary N) is 2. The SMILES string of the molecule is CCOC(=O)[C@H](C)Sc1nc(N)c(NC(=O)c2ccccc2)c(=O)[nH]1. The lowest BCUT2D eigenvalue weighted by Crippen LogP contribution is -2.24. The molecule has 0 bridgehead atoms. The molecule has 2 aromatic rings. The molecule has 0 fully saturated rings. The standard InChI is InChI=1S/C16H18N4O4S/c1-3-24-15(23)9(2)25-16-19-12(17)11(14(22)20-16)18-13(21)10-7-5-4-6-8-10/h4-9H,3H2,1-2H3,(H,18,21)(H3,17,19,20,22)/t9-/m0/s1. The number of carbonyl (C=O) groups is 2. The van der Waals surface area contributed by atoms with Gasteiger partial charge in [-0.3, -0.25) is 19.4 Å². The normalized spacial score (nSPS) is 11.6. The topological polar surface area (TPSA) is 127 Å². The number of hydrogen-bond donors (Lipinski definition) is 3. The minimum Gasteiger partial charge on any atom is -0.465 e. The second kappa shape index (κ2) is 8.34. The number of benzene rings is 1. The summed E-state index contributed by atoms with van der Waals surface area (Å²) in [5.41, 5.74) is 5.43. The number of aromatic amines is 1. The quantitative estimate of drug-likeness (QED) is 0.405.